The minimum absolute atomic E-state index is 0.349. The van der Waals surface area contributed by atoms with Crippen LogP contribution in [0.1, 0.15) is 0 Å². The summed E-state index contributed by atoms with van der Waals surface area (Å²) >= 11 is 8.96. The molecule has 0 spiro atoms. The number of benzene rings is 1. The van der Waals surface area contributed by atoms with Gasteiger partial charge in [-0.05, 0) is 22.0 Å². The predicted octanol–water partition coefficient (Wildman–Crippen LogP) is 3.12. The molecule has 2 nitrogen and oxygen atoms in total. The lowest BCUT2D eigenvalue weighted by molar-refractivity contribution is 0.636. The van der Waals surface area contributed by atoms with Gasteiger partial charge in [0.15, 0.2) is 0 Å². The second kappa shape index (κ2) is 2.71. The molecule has 0 atom stereocenters. The van der Waals surface area contributed by atoms with Gasteiger partial charge in [0.05, 0.1) is 11.2 Å². The third-order valence-corrected chi connectivity index (χ3v) is 2.96. The third-order valence-electron chi connectivity index (χ3n) is 1.58. The van der Waals surface area contributed by atoms with Crippen molar-refractivity contribution < 1.29 is 4.39 Å². The molecule has 0 unspecified atom stereocenters. The highest BCUT2D eigenvalue weighted by molar-refractivity contribution is 9.10. The molecule has 0 fully saturated rings. The number of aromatic amines is 1. The quantitative estimate of drug-likeness (QED) is 0.714. The molecule has 0 aliphatic heterocycles. The first kappa shape index (κ1) is 8.01. The van der Waals surface area contributed by atoms with Gasteiger partial charge < -0.3 is 0 Å². The normalized spacial score (nSPS) is 10.9. The van der Waals surface area contributed by atoms with Crippen molar-refractivity contribution >= 4 is 38.4 Å². The number of nitrogens with zero attached hydrogens (tertiary/aromatic N) is 1. The van der Waals surface area contributed by atoms with E-state index < -0.39 is 5.82 Å². The number of rotatable bonds is 0. The Labute approximate surface area is 80.8 Å². The van der Waals surface area contributed by atoms with Gasteiger partial charge in [0.25, 0.3) is 0 Å². The molecular weight excluding hydrogens is 246 g/mol. The summed E-state index contributed by atoms with van der Waals surface area (Å²) in [5.41, 5.74) is 0.367. The summed E-state index contributed by atoms with van der Waals surface area (Å²) in [4.78, 5) is 0. The zero-order valence-corrected chi connectivity index (χ0v) is 8.08. The SMILES string of the molecule is Fc1cc(Cl)c(Br)c2cn[nH]c12. The molecule has 0 amide bonds. The fraction of sp³-hybridized carbons (Fsp3) is 0. The van der Waals surface area contributed by atoms with E-state index in [0.717, 1.165) is 0 Å². The summed E-state index contributed by atoms with van der Waals surface area (Å²) in [6.07, 6.45) is 1.52. The van der Waals surface area contributed by atoms with Crippen LogP contribution in [0.4, 0.5) is 4.39 Å². The van der Waals surface area contributed by atoms with E-state index in [1.807, 2.05) is 0 Å². The van der Waals surface area contributed by atoms with Gasteiger partial charge in [-0.3, -0.25) is 5.10 Å². The monoisotopic (exact) mass is 248 g/mol. The minimum Gasteiger partial charge on any atom is -0.275 e. The van der Waals surface area contributed by atoms with Gasteiger partial charge in [-0.15, -0.1) is 0 Å². The Kier molecular flexibility index (Phi) is 1.81. The number of H-pyrrole nitrogens is 1. The predicted molar refractivity (Wildman–Crippen MR) is 48.8 cm³/mol. The molecule has 1 aromatic carbocycles. The molecule has 12 heavy (non-hydrogen) atoms. The molecule has 2 rings (SSSR count). The number of aromatic nitrogens is 2. The molecule has 1 heterocycles. The van der Waals surface area contributed by atoms with Crippen molar-refractivity contribution in [3.63, 3.8) is 0 Å². The van der Waals surface area contributed by atoms with Gasteiger partial charge in [-0.25, -0.2) is 4.39 Å². The lowest BCUT2D eigenvalue weighted by Gasteiger charge is -1.97. The number of hydrogen-bond donors (Lipinski definition) is 1. The molecule has 0 radical (unpaired) electrons. The van der Waals surface area contributed by atoms with Crippen LogP contribution in [0.5, 0.6) is 0 Å². The maximum Gasteiger partial charge on any atom is 0.150 e. The lowest BCUT2D eigenvalue weighted by Crippen LogP contribution is -1.80. The Morgan fingerprint density at radius 2 is 2.33 bits per heavy atom. The largest absolute Gasteiger partial charge is 0.275 e. The molecule has 2 aromatic rings. The van der Waals surface area contributed by atoms with E-state index in [-0.39, 0.29) is 0 Å². The average molecular weight is 249 g/mol. The Hall–Kier alpha value is -0.610. The van der Waals surface area contributed by atoms with E-state index in [9.17, 15) is 4.39 Å². The zero-order valence-electron chi connectivity index (χ0n) is 5.74. The maximum absolute atomic E-state index is 13.1. The summed E-state index contributed by atoms with van der Waals surface area (Å²) in [5.74, 6) is -0.393. The Morgan fingerprint density at radius 3 is 3.08 bits per heavy atom. The van der Waals surface area contributed by atoms with Crippen LogP contribution in [-0.4, -0.2) is 10.2 Å². The number of hydrogen-bond acceptors (Lipinski definition) is 1. The van der Waals surface area contributed by atoms with Crippen LogP contribution in [0, 0.1) is 5.82 Å². The van der Waals surface area contributed by atoms with Crippen molar-refractivity contribution in [2.24, 2.45) is 0 Å². The van der Waals surface area contributed by atoms with Crippen molar-refractivity contribution in [2.45, 2.75) is 0 Å². The standard InChI is InChI=1S/C7H3BrClFN2/c8-6-3-2-11-12-7(3)5(10)1-4(6)9/h1-2H,(H,11,12). The van der Waals surface area contributed by atoms with Crippen LogP contribution in [0.2, 0.25) is 5.02 Å². The molecule has 0 aliphatic carbocycles. The van der Waals surface area contributed by atoms with E-state index in [1.54, 1.807) is 0 Å². The fourth-order valence-electron chi connectivity index (χ4n) is 1.01. The van der Waals surface area contributed by atoms with E-state index >= 15 is 0 Å². The lowest BCUT2D eigenvalue weighted by atomic mass is 10.2. The molecule has 0 saturated heterocycles. The van der Waals surface area contributed by atoms with Crippen molar-refractivity contribution in [1.82, 2.24) is 10.2 Å². The molecule has 0 bridgehead atoms. The highest BCUT2D eigenvalue weighted by atomic mass is 79.9. The van der Waals surface area contributed by atoms with Gasteiger partial charge in [0.1, 0.15) is 11.3 Å². The summed E-state index contributed by atoms with van der Waals surface area (Å²) in [5, 5.41) is 7.25. The maximum atomic E-state index is 13.1. The van der Waals surface area contributed by atoms with E-state index in [2.05, 4.69) is 26.1 Å². The zero-order chi connectivity index (χ0) is 8.72. The van der Waals surface area contributed by atoms with E-state index in [1.165, 1.54) is 12.3 Å². The van der Waals surface area contributed by atoms with E-state index in [0.29, 0.717) is 20.4 Å². The van der Waals surface area contributed by atoms with Crippen molar-refractivity contribution in [3.05, 3.63) is 27.6 Å². The van der Waals surface area contributed by atoms with Gasteiger partial charge in [0.2, 0.25) is 0 Å². The van der Waals surface area contributed by atoms with Crippen LogP contribution in [0.3, 0.4) is 0 Å². The first-order valence-electron chi connectivity index (χ1n) is 3.16. The third kappa shape index (κ3) is 1.03. The van der Waals surface area contributed by atoms with Crippen molar-refractivity contribution in [1.29, 1.82) is 0 Å². The van der Waals surface area contributed by atoms with Crippen molar-refractivity contribution in [2.75, 3.05) is 0 Å². The number of fused-ring (bicyclic) bond motifs is 1. The van der Waals surface area contributed by atoms with Crippen LogP contribution in [0.15, 0.2) is 16.7 Å². The average Bonchev–Trinajstić information content (AvgIpc) is 2.48. The first-order chi connectivity index (χ1) is 5.70. The smallest absolute Gasteiger partial charge is 0.150 e. The van der Waals surface area contributed by atoms with Crippen LogP contribution in [0.25, 0.3) is 10.9 Å². The topological polar surface area (TPSA) is 28.7 Å². The van der Waals surface area contributed by atoms with Crippen molar-refractivity contribution in [3.8, 4) is 0 Å². The summed E-state index contributed by atoms with van der Waals surface area (Å²) in [6.45, 7) is 0. The highest BCUT2D eigenvalue weighted by Crippen LogP contribution is 2.31. The van der Waals surface area contributed by atoms with Gasteiger partial charge in [-0.1, -0.05) is 11.6 Å². The van der Waals surface area contributed by atoms with Gasteiger partial charge in [0, 0.05) is 9.86 Å². The second-order valence-electron chi connectivity index (χ2n) is 2.31. The number of halogens is 3. The van der Waals surface area contributed by atoms with Crippen LogP contribution < -0.4 is 0 Å². The Bertz CT molecular complexity index is 440. The molecule has 0 aliphatic rings. The molecule has 62 valence electrons. The summed E-state index contributed by atoms with van der Waals surface area (Å²) < 4.78 is 13.7. The van der Waals surface area contributed by atoms with Gasteiger partial charge in [-0.2, -0.15) is 5.10 Å². The van der Waals surface area contributed by atoms with Gasteiger partial charge >= 0.3 is 0 Å². The molecule has 1 aromatic heterocycles. The molecule has 0 saturated carbocycles. The first-order valence-corrected chi connectivity index (χ1v) is 4.34. The second-order valence-corrected chi connectivity index (χ2v) is 3.51. The fourth-order valence-corrected chi connectivity index (χ4v) is 1.62. The summed E-state index contributed by atoms with van der Waals surface area (Å²) in [7, 11) is 0. The Morgan fingerprint density at radius 1 is 1.58 bits per heavy atom. The minimum atomic E-state index is -0.393. The van der Waals surface area contributed by atoms with E-state index in [4.69, 9.17) is 11.6 Å². The molecule has 1 N–H and O–H groups in total. The highest BCUT2D eigenvalue weighted by Gasteiger charge is 2.09. The number of nitrogens with one attached hydrogen (secondary N) is 1. The van der Waals surface area contributed by atoms with Crippen LogP contribution in [-0.2, 0) is 0 Å². The molecule has 5 heteroatoms. The molecular formula is C7H3BrClFN2. The summed E-state index contributed by atoms with van der Waals surface area (Å²) in [6, 6.07) is 1.24. The van der Waals surface area contributed by atoms with Crippen LogP contribution >= 0.6 is 27.5 Å². The Balaban J connectivity index is 2.97.